The Hall–Kier alpha value is -4.34. The van der Waals surface area contributed by atoms with Crippen LogP contribution in [0.25, 0.3) is 0 Å². The van der Waals surface area contributed by atoms with E-state index in [4.69, 9.17) is 16.3 Å². The molecule has 4 rings (SSSR count). The van der Waals surface area contributed by atoms with Crippen molar-refractivity contribution in [1.82, 2.24) is 10.2 Å². The molecular weight excluding hydrogens is 622 g/mol. The zero-order valence-electron chi connectivity index (χ0n) is 26.4. The summed E-state index contributed by atoms with van der Waals surface area (Å²) in [6.07, 6.45) is 1.92. The van der Waals surface area contributed by atoms with E-state index in [-0.39, 0.29) is 29.5 Å². The van der Waals surface area contributed by atoms with Crippen LogP contribution in [0.15, 0.2) is 108 Å². The second-order valence-electron chi connectivity index (χ2n) is 11.0. The lowest BCUT2D eigenvalue weighted by atomic mass is 10.0. The first-order chi connectivity index (χ1) is 22.1. The molecule has 0 heterocycles. The summed E-state index contributed by atoms with van der Waals surface area (Å²) in [7, 11) is -2.72. The van der Waals surface area contributed by atoms with Crippen molar-refractivity contribution in [3.63, 3.8) is 0 Å². The summed E-state index contributed by atoms with van der Waals surface area (Å²) in [4.78, 5) is 29.9. The highest BCUT2D eigenvalue weighted by atomic mass is 35.5. The molecule has 0 spiro atoms. The number of halogens is 1. The van der Waals surface area contributed by atoms with Crippen LogP contribution in [0.5, 0.6) is 5.75 Å². The van der Waals surface area contributed by atoms with Crippen LogP contribution in [-0.4, -0.2) is 51.4 Å². The molecule has 46 heavy (non-hydrogen) atoms. The Balaban J connectivity index is 1.80. The zero-order valence-corrected chi connectivity index (χ0v) is 27.9. The van der Waals surface area contributed by atoms with Gasteiger partial charge >= 0.3 is 0 Å². The van der Waals surface area contributed by atoms with Crippen molar-refractivity contribution >= 4 is 39.1 Å². The van der Waals surface area contributed by atoms with E-state index in [0.29, 0.717) is 17.3 Å². The molecule has 0 fully saturated rings. The Morgan fingerprint density at radius 1 is 0.891 bits per heavy atom. The first kappa shape index (κ1) is 34.5. The van der Waals surface area contributed by atoms with Gasteiger partial charge in [0.25, 0.3) is 10.0 Å². The smallest absolute Gasteiger partial charge is 0.264 e. The van der Waals surface area contributed by atoms with E-state index in [1.165, 1.54) is 24.1 Å². The SMILES string of the molecule is CCCCNC(=O)[C@@H](Cc1ccccc1)N(Cc1ccc(Cl)cc1)C(=O)CN(c1cccc(OC)c1)S(=O)(=O)c1ccc(C)cc1. The molecule has 0 aliphatic carbocycles. The quantitative estimate of drug-likeness (QED) is 0.149. The van der Waals surface area contributed by atoms with E-state index in [2.05, 4.69) is 5.32 Å². The summed E-state index contributed by atoms with van der Waals surface area (Å²) >= 11 is 6.15. The molecular formula is C36H40ClN3O5S. The molecule has 0 radical (unpaired) electrons. The van der Waals surface area contributed by atoms with Gasteiger partial charge in [0, 0.05) is 30.6 Å². The number of methoxy groups -OCH3 is 1. The van der Waals surface area contributed by atoms with Crippen molar-refractivity contribution in [2.24, 2.45) is 0 Å². The molecule has 0 saturated heterocycles. The van der Waals surface area contributed by atoms with E-state index < -0.39 is 28.5 Å². The summed E-state index contributed by atoms with van der Waals surface area (Å²) in [6, 6.07) is 28.6. The number of amides is 2. The van der Waals surface area contributed by atoms with Crippen LogP contribution in [0.1, 0.15) is 36.5 Å². The number of unbranched alkanes of at least 4 members (excludes halogenated alkanes) is 1. The maximum atomic E-state index is 14.5. The maximum absolute atomic E-state index is 14.5. The third-order valence-corrected chi connectivity index (χ3v) is 9.64. The van der Waals surface area contributed by atoms with Crippen LogP contribution in [-0.2, 0) is 32.6 Å². The number of carbonyl (C=O) groups is 2. The highest BCUT2D eigenvalue weighted by Gasteiger charge is 2.34. The summed E-state index contributed by atoms with van der Waals surface area (Å²) in [6.45, 7) is 3.87. The highest BCUT2D eigenvalue weighted by Crippen LogP contribution is 2.28. The molecule has 0 bridgehead atoms. The number of sulfonamides is 1. The van der Waals surface area contributed by atoms with Gasteiger partial charge in [-0.1, -0.05) is 91.2 Å². The van der Waals surface area contributed by atoms with Crippen molar-refractivity contribution in [1.29, 1.82) is 0 Å². The molecule has 242 valence electrons. The van der Waals surface area contributed by atoms with Crippen molar-refractivity contribution in [2.75, 3.05) is 24.5 Å². The molecule has 0 aliphatic rings. The Labute approximate surface area is 277 Å². The minimum Gasteiger partial charge on any atom is -0.497 e. The van der Waals surface area contributed by atoms with Crippen molar-refractivity contribution in [3.8, 4) is 5.75 Å². The molecule has 2 amide bonds. The maximum Gasteiger partial charge on any atom is 0.264 e. The van der Waals surface area contributed by atoms with Gasteiger partial charge in [0.15, 0.2) is 0 Å². The van der Waals surface area contributed by atoms with E-state index in [1.807, 2.05) is 44.2 Å². The number of rotatable bonds is 15. The third kappa shape index (κ3) is 9.11. The van der Waals surface area contributed by atoms with Gasteiger partial charge in [-0.25, -0.2) is 8.42 Å². The summed E-state index contributed by atoms with van der Waals surface area (Å²) in [5.41, 5.74) is 2.76. The van der Waals surface area contributed by atoms with Gasteiger partial charge in [-0.15, -0.1) is 0 Å². The Bertz CT molecular complexity index is 1700. The lowest BCUT2D eigenvalue weighted by Crippen LogP contribution is -2.53. The first-order valence-electron chi connectivity index (χ1n) is 15.2. The number of aryl methyl sites for hydroxylation is 1. The molecule has 4 aromatic carbocycles. The predicted molar refractivity (Wildman–Crippen MR) is 183 cm³/mol. The average molecular weight is 662 g/mol. The first-order valence-corrected chi connectivity index (χ1v) is 17.0. The molecule has 10 heteroatoms. The summed E-state index contributed by atoms with van der Waals surface area (Å²) < 4.78 is 34.8. The van der Waals surface area contributed by atoms with Crippen LogP contribution in [0.3, 0.4) is 0 Å². The fourth-order valence-electron chi connectivity index (χ4n) is 4.98. The molecule has 0 unspecified atom stereocenters. The van der Waals surface area contributed by atoms with Gasteiger partial charge in [-0.3, -0.25) is 13.9 Å². The van der Waals surface area contributed by atoms with E-state index in [1.54, 1.807) is 60.7 Å². The van der Waals surface area contributed by atoms with Crippen LogP contribution in [0.2, 0.25) is 5.02 Å². The van der Waals surface area contributed by atoms with Crippen LogP contribution < -0.4 is 14.4 Å². The zero-order chi connectivity index (χ0) is 33.1. The molecule has 0 aromatic heterocycles. The number of benzene rings is 4. The highest BCUT2D eigenvalue weighted by molar-refractivity contribution is 7.92. The third-order valence-electron chi connectivity index (χ3n) is 7.60. The van der Waals surface area contributed by atoms with Gasteiger partial charge in [0.1, 0.15) is 18.3 Å². The van der Waals surface area contributed by atoms with Crippen molar-refractivity contribution in [3.05, 3.63) is 125 Å². The van der Waals surface area contributed by atoms with Crippen LogP contribution in [0, 0.1) is 6.92 Å². The minimum atomic E-state index is -4.21. The molecule has 1 N–H and O–H groups in total. The number of hydrogen-bond acceptors (Lipinski definition) is 5. The second-order valence-corrected chi connectivity index (χ2v) is 13.3. The van der Waals surface area contributed by atoms with E-state index >= 15 is 0 Å². The largest absolute Gasteiger partial charge is 0.497 e. The number of nitrogens with zero attached hydrogens (tertiary/aromatic N) is 2. The summed E-state index contributed by atoms with van der Waals surface area (Å²) in [5.74, 6) is -0.418. The number of ether oxygens (including phenoxy) is 1. The molecule has 0 aliphatic heterocycles. The Kier molecular flexibility index (Phi) is 12.2. The lowest BCUT2D eigenvalue weighted by molar-refractivity contribution is -0.140. The van der Waals surface area contributed by atoms with Gasteiger partial charge < -0.3 is 15.0 Å². The predicted octanol–water partition coefficient (Wildman–Crippen LogP) is 6.41. The van der Waals surface area contributed by atoms with Gasteiger partial charge in [-0.2, -0.15) is 0 Å². The minimum absolute atomic E-state index is 0.0381. The van der Waals surface area contributed by atoms with Crippen LogP contribution in [0.4, 0.5) is 5.69 Å². The normalized spacial score (nSPS) is 11.8. The monoisotopic (exact) mass is 661 g/mol. The van der Waals surface area contributed by atoms with Gasteiger partial charge in [-0.05, 0) is 60.9 Å². The fraction of sp³-hybridized carbons (Fsp3) is 0.278. The van der Waals surface area contributed by atoms with Crippen molar-refractivity contribution < 1.29 is 22.7 Å². The number of nitrogens with one attached hydrogen (secondary N) is 1. The molecule has 8 nitrogen and oxygen atoms in total. The number of hydrogen-bond donors (Lipinski definition) is 1. The molecule has 4 aromatic rings. The van der Waals surface area contributed by atoms with Crippen molar-refractivity contribution in [2.45, 2.75) is 50.6 Å². The molecule has 0 saturated carbocycles. The van der Waals surface area contributed by atoms with Gasteiger partial charge in [0.2, 0.25) is 11.8 Å². The van der Waals surface area contributed by atoms with Gasteiger partial charge in [0.05, 0.1) is 17.7 Å². The van der Waals surface area contributed by atoms with E-state index in [9.17, 15) is 18.0 Å². The molecule has 1 atom stereocenters. The number of carbonyl (C=O) groups excluding carboxylic acids is 2. The second kappa shape index (κ2) is 16.3. The average Bonchev–Trinajstić information content (AvgIpc) is 3.06. The van der Waals surface area contributed by atoms with Crippen LogP contribution >= 0.6 is 11.6 Å². The van der Waals surface area contributed by atoms with E-state index in [0.717, 1.165) is 33.8 Å². The Morgan fingerprint density at radius 3 is 2.24 bits per heavy atom. The summed E-state index contributed by atoms with van der Waals surface area (Å²) in [5, 5.41) is 3.53. The standard InChI is InChI=1S/C36H40ClN3O5S/c1-4-5-22-38-36(42)34(23-28-10-7-6-8-11-28)39(25-29-16-18-30(37)19-17-29)35(41)26-40(31-12-9-13-32(24-31)45-3)46(43,44)33-20-14-27(2)15-21-33/h6-21,24,34H,4-5,22-23,25-26H2,1-3H3,(H,38,42)/t34-/m1/s1. The Morgan fingerprint density at radius 2 is 1.59 bits per heavy atom. The lowest BCUT2D eigenvalue weighted by Gasteiger charge is -2.34. The topological polar surface area (TPSA) is 96.0 Å². The number of anilines is 1. The fourth-order valence-corrected chi connectivity index (χ4v) is 6.51.